The van der Waals surface area contributed by atoms with Crippen molar-refractivity contribution in [3.05, 3.63) is 76.9 Å². The highest BCUT2D eigenvalue weighted by Gasteiger charge is 2.30. The summed E-state index contributed by atoms with van der Waals surface area (Å²) in [5, 5.41) is 0. The Bertz CT molecular complexity index is 1200. The molecule has 1 aliphatic carbocycles. The fourth-order valence-electron chi connectivity index (χ4n) is 4.96. The fourth-order valence-corrected chi connectivity index (χ4v) is 4.96. The van der Waals surface area contributed by atoms with E-state index in [0.29, 0.717) is 13.0 Å². The van der Waals surface area contributed by atoms with Crippen LogP contribution in [-0.2, 0) is 16.0 Å². The summed E-state index contributed by atoms with van der Waals surface area (Å²) >= 11 is 0. The van der Waals surface area contributed by atoms with Gasteiger partial charge in [-0.3, -0.25) is 4.79 Å². The van der Waals surface area contributed by atoms with Crippen molar-refractivity contribution in [2.45, 2.75) is 38.2 Å². The van der Waals surface area contributed by atoms with Crippen LogP contribution in [0.2, 0.25) is 0 Å². The van der Waals surface area contributed by atoms with Crippen LogP contribution in [0.5, 0.6) is 17.2 Å². The minimum Gasteiger partial charge on any atom is -0.497 e. The first kappa shape index (κ1) is 21.4. The average molecular weight is 445 g/mol. The van der Waals surface area contributed by atoms with E-state index in [4.69, 9.17) is 18.9 Å². The number of hydrogen-bond acceptors (Lipinski definition) is 5. The SMILES string of the molecule is COC(=O)C[C@@H]1COc2cc(O[C@@H]3CCc4c(-c5cc(OC)ccc5C)cccc43)ccc21. The third-order valence-electron chi connectivity index (χ3n) is 6.73. The Labute approximate surface area is 194 Å². The predicted octanol–water partition coefficient (Wildman–Crippen LogP) is 5.78. The van der Waals surface area contributed by atoms with Crippen LogP contribution in [-0.4, -0.2) is 26.8 Å². The molecule has 0 aromatic heterocycles. The predicted molar refractivity (Wildman–Crippen MR) is 126 cm³/mol. The number of esters is 1. The molecule has 0 bridgehead atoms. The number of carbonyl (C=O) groups excluding carboxylic acids is 1. The van der Waals surface area contributed by atoms with E-state index >= 15 is 0 Å². The quantitative estimate of drug-likeness (QED) is 0.452. The largest absolute Gasteiger partial charge is 0.497 e. The summed E-state index contributed by atoms with van der Waals surface area (Å²) in [6.45, 7) is 2.62. The highest BCUT2D eigenvalue weighted by atomic mass is 16.5. The summed E-state index contributed by atoms with van der Waals surface area (Å²) in [4.78, 5) is 11.7. The molecule has 3 aromatic rings. The summed E-state index contributed by atoms with van der Waals surface area (Å²) in [6.07, 6.45) is 2.22. The van der Waals surface area contributed by atoms with Crippen LogP contribution in [0.3, 0.4) is 0 Å². The molecule has 5 heteroatoms. The van der Waals surface area contributed by atoms with Crippen molar-refractivity contribution in [2.24, 2.45) is 0 Å². The summed E-state index contributed by atoms with van der Waals surface area (Å²) in [6, 6.07) is 18.6. The second-order valence-corrected chi connectivity index (χ2v) is 8.69. The molecular formula is C28H28O5. The summed E-state index contributed by atoms with van der Waals surface area (Å²) in [7, 11) is 3.11. The molecule has 3 aromatic carbocycles. The Morgan fingerprint density at radius 3 is 2.67 bits per heavy atom. The van der Waals surface area contributed by atoms with Crippen molar-refractivity contribution in [3.63, 3.8) is 0 Å². The lowest BCUT2D eigenvalue weighted by atomic mass is 9.93. The maximum atomic E-state index is 11.7. The van der Waals surface area contributed by atoms with Crippen LogP contribution in [0.4, 0.5) is 0 Å². The number of fused-ring (bicyclic) bond motifs is 2. The van der Waals surface area contributed by atoms with Gasteiger partial charge >= 0.3 is 5.97 Å². The molecule has 5 nitrogen and oxygen atoms in total. The fraction of sp³-hybridized carbons (Fsp3) is 0.321. The number of rotatable bonds is 6. The van der Waals surface area contributed by atoms with E-state index in [1.807, 2.05) is 24.3 Å². The van der Waals surface area contributed by atoms with Crippen LogP contribution >= 0.6 is 0 Å². The first-order chi connectivity index (χ1) is 16.1. The molecule has 33 heavy (non-hydrogen) atoms. The molecule has 0 N–H and O–H groups in total. The Balaban J connectivity index is 1.39. The first-order valence-corrected chi connectivity index (χ1v) is 11.3. The number of benzene rings is 3. The molecule has 0 fully saturated rings. The maximum Gasteiger partial charge on any atom is 0.306 e. The lowest BCUT2D eigenvalue weighted by Gasteiger charge is -2.17. The van der Waals surface area contributed by atoms with Crippen molar-refractivity contribution < 1.29 is 23.7 Å². The molecule has 170 valence electrons. The number of methoxy groups -OCH3 is 2. The first-order valence-electron chi connectivity index (χ1n) is 11.3. The van der Waals surface area contributed by atoms with Gasteiger partial charge in [0.1, 0.15) is 23.4 Å². The van der Waals surface area contributed by atoms with Crippen LogP contribution in [0, 0.1) is 6.92 Å². The number of carbonyl (C=O) groups is 1. The van der Waals surface area contributed by atoms with Gasteiger partial charge in [-0.05, 0) is 65.8 Å². The second kappa shape index (κ2) is 8.81. The zero-order chi connectivity index (χ0) is 22.9. The van der Waals surface area contributed by atoms with Crippen molar-refractivity contribution >= 4 is 5.97 Å². The van der Waals surface area contributed by atoms with E-state index in [2.05, 4.69) is 37.3 Å². The van der Waals surface area contributed by atoms with Gasteiger partial charge in [0.25, 0.3) is 0 Å². The van der Waals surface area contributed by atoms with Gasteiger partial charge in [-0.2, -0.15) is 0 Å². The van der Waals surface area contributed by atoms with Crippen LogP contribution in [0.15, 0.2) is 54.6 Å². The van der Waals surface area contributed by atoms with E-state index < -0.39 is 0 Å². The van der Waals surface area contributed by atoms with Gasteiger partial charge in [-0.25, -0.2) is 0 Å². The molecule has 0 spiro atoms. The smallest absolute Gasteiger partial charge is 0.306 e. The Morgan fingerprint density at radius 1 is 1.00 bits per heavy atom. The standard InChI is InChI=1S/C28H28O5/c1-17-7-8-19(30-2)14-25(17)22-5-4-6-24-23(22)11-12-26(24)33-20-9-10-21-18(13-28(29)31-3)16-32-27(21)15-20/h4-10,14-15,18,26H,11-13,16H2,1-3H3/t18-,26-/m1/s1. The minimum absolute atomic E-state index is 0.00353. The molecule has 1 aliphatic heterocycles. The maximum absolute atomic E-state index is 11.7. The van der Waals surface area contributed by atoms with E-state index in [0.717, 1.165) is 35.7 Å². The molecule has 0 saturated carbocycles. The lowest BCUT2D eigenvalue weighted by molar-refractivity contribution is -0.141. The number of ether oxygens (including phenoxy) is 4. The average Bonchev–Trinajstić information content (AvgIpc) is 3.43. The topological polar surface area (TPSA) is 54.0 Å². The molecule has 0 unspecified atom stereocenters. The van der Waals surface area contributed by atoms with Crippen LogP contribution in [0.25, 0.3) is 11.1 Å². The highest BCUT2D eigenvalue weighted by Crippen LogP contribution is 2.43. The van der Waals surface area contributed by atoms with E-state index in [9.17, 15) is 4.79 Å². The van der Waals surface area contributed by atoms with Crippen LogP contribution in [0.1, 0.15) is 47.1 Å². The van der Waals surface area contributed by atoms with Crippen molar-refractivity contribution in [1.29, 1.82) is 0 Å². The van der Waals surface area contributed by atoms with E-state index in [-0.39, 0.29) is 18.0 Å². The molecule has 2 atom stereocenters. The van der Waals surface area contributed by atoms with Gasteiger partial charge in [0.15, 0.2) is 0 Å². The Kier molecular flexibility index (Phi) is 5.71. The third-order valence-corrected chi connectivity index (χ3v) is 6.73. The minimum atomic E-state index is -0.221. The molecule has 0 amide bonds. The van der Waals surface area contributed by atoms with Crippen molar-refractivity contribution in [2.75, 3.05) is 20.8 Å². The van der Waals surface area contributed by atoms with Crippen molar-refractivity contribution in [1.82, 2.24) is 0 Å². The third kappa shape index (κ3) is 4.04. The highest BCUT2D eigenvalue weighted by molar-refractivity contribution is 5.74. The lowest BCUT2D eigenvalue weighted by Crippen LogP contribution is -2.09. The number of aryl methyl sites for hydroxylation is 1. The van der Waals surface area contributed by atoms with Gasteiger partial charge in [-0.1, -0.05) is 30.3 Å². The molecule has 1 heterocycles. The molecular weight excluding hydrogens is 416 g/mol. The van der Waals surface area contributed by atoms with Gasteiger partial charge in [-0.15, -0.1) is 0 Å². The van der Waals surface area contributed by atoms with Crippen LogP contribution < -0.4 is 14.2 Å². The number of hydrogen-bond donors (Lipinski definition) is 0. The van der Waals surface area contributed by atoms with Gasteiger partial charge in [0.05, 0.1) is 27.2 Å². The molecule has 2 aliphatic rings. The molecule has 5 rings (SSSR count). The Hall–Kier alpha value is -3.47. The zero-order valence-corrected chi connectivity index (χ0v) is 19.2. The van der Waals surface area contributed by atoms with Gasteiger partial charge < -0.3 is 18.9 Å². The normalized spacial score (nSPS) is 18.3. The van der Waals surface area contributed by atoms with E-state index in [1.165, 1.54) is 34.9 Å². The van der Waals surface area contributed by atoms with E-state index in [1.54, 1.807) is 7.11 Å². The summed E-state index contributed by atoms with van der Waals surface area (Å²) < 4.78 is 22.5. The summed E-state index contributed by atoms with van der Waals surface area (Å²) in [5.41, 5.74) is 7.29. The van der Waals surface area contributed by atoms with Gasteiger partial charge in [0.2, 0.25) is 0 Å². The van der Waals surface area contributed by atoms with Gasteiger partial charge in [0, 0.05) is 17.5 Å². The Morgan fingerprint density at radius 2 is 1.85 bits per heavy atom. The monoisotopic (exact) mass is 444 g/mol. The second-order valence-electron chi connectivity index (χ2n) is 8.69. The summed E-state index contributed by atoms with van der Waals surface area (Å²) in [5.74, 6) is 2.25. The molecule has 0 saturated heterocycles. The zero-order valence-electron chi connectivity index (χ0n) is 19.2. The molecule has 0 radical (unpaired) electrons. The van der Waals surface area contributed by atoms with Crippen molar-refractivity contribution in [3.8, 4) is 28.4 Å².